The monoisotopic (exact) mass is 376 g/mol. The predicted molar refractivity (Wildman–Crippen MR) is 124 cm³/mol. The Labute approximate surface area is 171 Å². The van der Waals surface area contributed by atoms with Crippen molar-refractivity contribution in [2.24, 2.45) is 0 Å². The maximum atomic E-state index is 5.03. The molecule has 0 aliphatic rings. The highest BCUT2D eigenvalue weighted by atomic mass is 14.9. The Kier molecular flexibility index (Phi) is 4.09. The molecule has 1 heterocycles. The van der Waals surface area contributed by atoms with Crippen molar-refractivity contribution in [3.8, 4) is 11.3 Å². The van der Waals surface area contributed by atoms with Gasteiger partial charge in [-0.15, -0.1) is 0 Å². The minimum atomic E-state index is 0.264. The minimum Gasteiger partial charge on any atom is -0.232 e. The molecule has 0 atom stereocenters. The lowest BCUT2D eigenvalue weighted by Gasteiger charge is -2.14. The van der Waals surface area contributed by atoms with Gasteiger partial charge in [0.25, 0.3) is 0 Å². The second kappa shape index (κ2) is 6.66. The van der Waals surface area contributed by atoms with E-state index < -0.39 is 0 Å². The molecule has 2 nitrogen and oxygen atoms in total. The zero-order valence-electron chi connectivity index (χ0n) is 17.3. The van der Waals surface area contributed by atoms with Crippen molar-refractivity contribution in [3.05, 3.63) is 83.7 Å². The molecule has 0 unspecified atom stereocenters. The molecule has 4 aromatic carbocycles. The molecule has 0 radical (unpaired) electrons. The van der Waals surface area contributed by atoms with E-state index in [-0.39, 0.29) is 5.92 Å². The Hall–Kier alpha value is -3.26. The van der Waals surface area contributed by atoms with E-state index in [0.717, 1.165) is 28.0 Å². The molecule has 5 aromatic rings. The van der Waals surface area contributed by atoms with Crippen molar-refractivity contribution in [2.45, 2.75) is 33.6 Å². The normalized spacial score (nSPS) is 11.8. The topological polar surface area (TPSA) is 25.8 Å². The molecule has 29 heavy (non-hydrogen) atoms. The molecule has 142 valence electrons. The van der Waals surface area contributed by atoms with Crippen molar-refractivity contribution in [2.75, 3.05) is 0 Å². The summed E-state index contributed by atoms with van der Waals surface area (Å²) in [5.74, 6) is 1.16. The second-order valence-electron chi connectivity index (χ2n) is 8.31. The molecule has 0 bridgehead atoms. The second-order valence-corrected chi connectivity index (χ2v) is 8.31. The van der Waals surface area contributed by atoms with Crippen LogP contribution >= 0.6 is 0 Å². The standard InChI is InChI=1S/C27H24N2/c1-16(2)27-28-25(20-14-17(3)13-18(4)15-20)24-12-11-22-21-8-6-5-7-19(21)9-10-23(22)26(24)29-27/h5-16H,1-4H3. The molecule has 0 spiro atoms. The molecule has 0 fully saturated rings. The molecular formula is C27H24N2. The molecule has 0 amide bonds. The van der Waals surface area contributed by atoms with Gasteiger partial charge in [-0.05, 0) is 48.2 Å². The molecule has 0 N–H and O–H groups in total. The number of rotatable bonds is 2. The first-order valence-corrected chi connectivity index (χ1v) is 10.2. The Morgan fingerprint density at radius 3 is 2.10 bits per heavy atom. The van der Waals surface area contributed by atoms with Gasteiger partial charge in [0.1, 0.15) is 5.82 Å². The average Bonchev–Trinajstić information content (AvgIpc) is 2.71. The number of aryl methyl sites for hydroxylation is 2. The first-order chi connectivity index (χ1) is 14.0. The lowest BCUT2D eigenvalue weighted by molar-refractivity contribution is 0.785. The summed E-state index contributed by atoms with van der Waals surface area (Å²) in [6, 6.07) is 24.0. The van der Waals surface area contributed by atoms with Gasteiger partial charge < -0.3 is 0 Å². The van der Waals surface area contributed by atoms with Crippen LogP contribution in [-0.2, 0) is 0 Å². The van der Waals surface area contributed by atoms with Crippen LogP contribution in [0.15, 0.2) is 66.7 Å². The summed E-state index contributed by atoms with van der Waals surface area (Å²) in [4.78, 5) is 10.0. The van der Waals surface area contributed by atoms with Crippen LogP contribution in [0.4, 0.5) is 0 Å². The van der Waals surface area contributed by atoms with Gasteiger partial charge in [-0.25, -0.2) is 9.97 Å². The van der Waals surface area contributed by atoms with Crippen LogP contribution in [0.25, 0.3) is 43.7 Å². The highest BCUT2D eigenvalue weighted by Crippen LogP contribution is 2.35. The van der Waals surface area contributed by atoms with E-state index >= 15 is 0 Å². The number of hydrogen-bond acceptors (Lipinski definition) is 2. The fourth-order valence-electron chi connectivity index (χ4n) is 4.29. The summed E-state index contributed by atoms with van der Waals surface area (Å²) in [7, 11) is 0. The first kappa shape index (κ1) is 17.8. The Balaban J connectivity index is 1.93. The largest absolute Gasteiger partial charge is 0.232 e. The molecular weight excluding hydrogens is 352 g/mol. The maximum absolute atomic E-state index is 5.03. The van der Waals surface area contributed by atoms with E-state index in [1.165, 1.54) is 32.7 Å². The van der Waals surface area contributed by atoms with Crippen molar-refractivity contribution in [3.63, 3.8) is 0 Å². The SMILES string of the molecule is Cc1cc(C)cc(-c2nc(C(C)C)nc3c2ccc2c4ccccc4ccc23)c1. The van der Waals surface area contributed by atoms with E-state index in [2.05, 4.69) is 94.4 Å². The summed E-state index contributed by atoms with van der Waals surface area (Å²) in [6.45, 7) is 8.61. The minimum absolute atomic E-state index is 0.264. The summed E-state index contributed by atoms with van der Waals surface area (Å²) >= 11 is 0. The number of nitrogens with zero attached hydrogens (tertiary/aromatic N) is 2. The number of benzene rings is 4. The Morgan fingerprint density at radius 1 is 0.655 bits per heavy atom. The van der Waals surface area contributed by atoms with Gasteiger partial charge in [0.05, 0.1) is 11.2 Å². The number of hydrogen-bond donors (Lipinski definition) is 0. The third-order valence-electron chi connectivity index (χ3n) is 5.62. The summed E-state index contributed by atoms with van der Waals surface area (Å²) < 4.78 is 0. The molecule has 5 rings (SSSR count). The predicted octanol–water partition coefficient (Wildman–Crippen LogP) is 7.34. The third-order valence-corrected chi connectivity index (χ3v) is 5.62. The van der Waals surface area contributed by atoms with Crippen LogP contribution in [0.5, 0.6) is 0 Å². The van der Waals surface area contributed by atoms with Gasteiger partial charge >= 0.3 is 0 Å². The molecule has 0 aliphatic carbocycles. The molecule has 0 saturated carbocycles. The van der Waals surface area contributed by atoms with Gasteiger partial charge in [0.2, 0.25) is 0 Å². The van der Waals surface area contributed by atoms with Gasteiger partial charge in [-0.2, -0.15) is 0 Å². The highest BCUT2D eigenvalue weighted by Gasteiger charge is 2.15. The lowest BCUT2D eigenvalue weighted by Crippen LogP contribution is -2.01. The molecule has 1 aromatic heterocycles. The Morgan fingerprint density at radius 2 is 1.34 bits per heavy atom. The number of fused-ring (bicyclic) bond motifs is 5. The third kappa shape index (κ3) is 2.96. The molecule has 0 aliphatic heterocycles. The van der Waals surface area contributed by atoms with Crippen LogP contribution in [0, 0.1) is 13.8 Å². The van der Waals surface area contributed by atoms with E-state index in [4.69, 9.17) is 9.97 Å². The fourth-order valence-corrected chi connectivity index (χ4v) is 4.29. The van der Waals surface area contributed by atoms with Crippen LogP contribution in [0.3, 0.4) is 0 Å². The lowest BCUT2D eigenvalue weighted by atomic mass is 9.96. The smallest absolute Gasteiger partial charge is 0.132 e. The van der Waals surface area contributed by atoms with Crippen molar-refractivity contribution in [1.29, 1.82) is 0 Å². The van der Waals surface area contributed by atoms with E-state index in [1.807, 2.05) is 0 Å². The zero-order chi connectivity index (χ0) is 20.1. The maximum Gasteiger partial charge on any atom is 0.132 e. The summed E-state index contributed by atoms with van der Waals surface area (Å²) in [5.41, 5.74) is 5.74. The molecule has 2 heteroatoms. The zero-order valence-corrected chi connectivity index (χ0v) is 17.3. The van der Waals surface area contributed by atoms with Crippen molar-refractivity contribution >= 4 is 32.4 Å². The van der Waals surface area contributed by atoms with Crippen molar-refractivity contribution < 1.29 is 0 Å². The quantitative estimate of drug-likeness (QED) is 0.301. The van der Waals surface area contributed by atoms with Crippen LogP contribution < -0.4 is 0 Å². The fraction of sp³-hybridized carbons (Fsp3) is 0.185. The first-order valence-electron chi connectivity index (χ1n) is 10.2. The van der Waals surface area contributed by atoms with Crippen LogP contribution in [-0.4, -0.2) is 9.97 Å². The van der Waals surface area contributed by atoms with E-state index in [9.17, 15) is 0 Å². The average molecular weight is 377 g/mol. The van der Waals surface area contributed by atoms with Gasteiger partial charge in [0, 0.05) is 22.3 Å². The summed E-state index contributed by atoms with van der Waals surface area (Å²) in [5, 5.41) is 6.07. The van der Waals surface area contributed by atoms with Crippen molar-refractivity contribution in [1.82, 2.24) is 9.97 Å². The van der Waals surface area contributed by atoms with Gasteiger partial charge in [-0.3, -0.25) is 0 Å². The van der Waals surface area contributed by atoms with Crippen LogP contribution in [0.1, 0.15) is 36.7 Å². The van der Waals surface area contributed by atoms with Crippen LogP contribution in [0.2, 0.25) is 0 Å². The van der Waals surface area contributed by atoms with Gasteiger partial charge in [0.15, 0.2) is 0 Å². The highest BCUT2D eigenvalue weighted by molar-refractivity contribution is 6.17. The van der Waals surface area contributed by atoms with E-state index in [0.29, 0.717) is 0 Å². The molecule has 0 saturated heterocycles. The van der Waals surface area contributed by atoms with E-state index in [1.54, 1.807) is 0 Å². The number of aromatic nitrogens is 2. The van der Waals surface area contributed by atoms with Gasteiger partial charge in [-0.1, -0.05) is 73.5 Å². The summed E-state index contributed by atoms with van der Waals surface area (Å²) in [6.07, 6.45) is 0. The Bertz CT molecular complexity index is 1380.